The molecule has 0 saturated carbocycles. The van der Waals surface area contributed by atoms with Crippen LogP contribution in [0.1, 0.15) is 44.9 Å². The summed E-state index contributed by atoms with van der Waals surface area (Å²) in [6.07, 6.45) is 3.66. The molecule has 0 radical (unpaired) electrons. The Morgan fingerprint density at radius 2 is 1.55 bits per heavy atom. The molecular formula is C16H30O6. The second-order valence-electron chi connectivity index (χ2n) is 5.77. The van der Waals surface area contributed by atoms with E-state index < -0.39 is 37.3 Å². The molecule has 130 valence electrons. The maximum Gasteiger partial charge on any atom is 0.186 e. The first-order chi connectivity index (χ1) is 10.6. The molecule has 0 bridgehead atoms. The maximum atomic E-state index is 9.79. The van der Waals surface area contributed by atoms with E-state index in [1.165, 1.54) is 19.3 Å². The highest BCUT2D eigenvalue weighted by Crippen LogP contribution is 2.22. The third-order valence-electron chi connectivity index (χ3n) is 3.93. The van der Waals surface area contributed by atoms with Gasteiger partial charge in [-0.05, 0) is 19.3 Å². The number of hydrogen-bond donors (Lipinski definition) is 4. The minimum atomic E-state index is -1.37. The van der Waals surface area contributed by atoms with Crippen molar-refractivity contribution in [2.45, 2.75) is 75.7 Å². The summed E-state index contributed by atoms with van der Waals surface area (Å²) in [7, 11) is 0. The summed E-state index contributed by atoms with van der Waals surface area (Å²) in [4.78, 5) is 0. The van der Waals surface area contributed by atoms with Gasteiger partial charge in [-0.15, -0.1) is 6.58 Å². The summed E-state index contributed by atoms with van der Waals surface area (Å²) in [5.41, 5.74) is 0. The molecule has 0 aliphatic carbocycles. The molecule has 22 heavy (non-hydrogen) atoms. The van der Waals surface area contributed by atoms with Crippen molar-refractivity contribution in [3.8, 4) is 0 Å². The van der Waals surface area contributed by atoms with Crippen LogP contribution < -0.4 is 0 Å². The summed E-state index contributed by atoms with van der Waals surface area (Å²) >= 11 is 0. The molecule has 0 spiro atoms. The zero-order valence-corrected chi connectivity index (χ0v) is 13.1. The van der Waals surface area contributed by atoms with Gasteiger partial charge in [0.25, 0.3) is 0 Å². The van der Waals surface area contributed by atoms with Crippen molar-refractivity contribution in [1.29, 1.82) is 0 Å². The number of hydrogen-bond acceptors (Lipinski definition) is 6. The summed E-state index contributed by atoms with van der Waals surface area (Å²) in [5.74, 6) is 0. The van der Waals surface area contributed by atoms with E-state index in [-0.39, 0.29) is 0 Å². The van der Waals surface area contributed by atoms with Crippen LogP contribution >= 0.6 is 0 Å². The van der Waals surface area contributed by atoms with E-state index in [1.807, 2.05) is 6.08 Å². The van der Waals surface area contributed by atoms with Gasteiger partial charge in [0.1, 0.15) is 24.4 Å². The van der Waals surface area contributed by atoms with Crippen molar-refractivity contribution in [3.63, 3.8) is 0 Å². The number of ether oxygens (including phenoxy) is 2. The minimum absolute atomic E-state index is 0.412. The van der Waals surface area contributed by atoms with Crippen molar-refractivity contribution >= 4 is 0 Å². The molecule has 0 amide bonds. The number of allylic oxidation sites excluding steroid dienone is 1. The topological polar surface area (TPSA) is 99.4 Å². The van der Waals surface area contributed by atoms with E-state index in [2.05, 4.69) is 6.58 Å². The molecule has 4 N–H and O–H groups in total. The van der Waals surface area contributed by atoms with Crippen LogP contribution in [0.25, 0.3) is 0 Å². The van der Waals surface area contributed by atoms with Gasteiger partial charge in [0, 0.05) is 6.61 Å². The van der Waals surface area contributed by atoms with Crippen LogP contribution in [0.2, 0.25) is 0 Å². The van der Waals surface area contributed by atoms with Gasteiger partial charge in [-0.1, -0.05) is 31.8 Å². The molecule has 0 aromatic carbocycles. The molecule has 6 heteroatoms. The highest BCUT2D eigenvalue weighted by atomic mass is 16.7. The molecule has 1 rings (SSSR count). The predicted octanol–water partition coefficient (Wildman–Crippen LogP) is 0.720. The Labute approximate surface area is 132 Å². The fourth-order valence-electron chi connectivity index (χ4n) is 2.50. The second kappa shape index (κ2) is 11.1. The standard InChI is InChI=1S/C16H30O6/c1-2-3-4-5-6-7-8-9-10-21-16-15(20)14(19)13(18)12(11-17)22-16/h2,12-20H,1,3-11H2/t12-,13+,14+,15-,16+/m1/s1. The van der Waals surface area contributed by atoms with Gasteiger partial charge in [-0.25, -0.2) is 0 Å². The highest BCUT2D eigenvalue weighted by Gasteiger charge is 2.43. The van der Waals surface area contributed by atoms with Gasteiger partial charge in [0.15, 0.2) is 6.29 Å². The average Bonchev–Trinajstić information content (AvgIpc) is 2.53. The Kier molecular flexibility index (Phi) is 9.86. The van der Waals surface area contributed by atoms with Crippen LogP contribution in [0.15, 0.2) is 12.7 Å². The Bertz CT molecular complexity index is 296. The molecule has 1 heterocycles. The largest absolute Gasteiger partial charge is 0.394 e. The van der Waals surface area contributed by atoms with E-state index in [9.17, 15) is 15.3 Å². The maximum absolute atomic E-state index is 9.79. The quantitative estimate of drug-likeness (QED) is 0.331. The van der Waals surface area contributed by atoms with E-state index in [0.717, 1.165) is 25.7 Å². The van der Waals surface area contributed by atoms with Crippen molar-refractivity contribution in [3.05, 3.63) is 12.7 Å². The minimum Gasteiger partial charge on any atom is -0.394 e. The summed E-state index contributed by atoms with van der Waals surface area (Å²) in [6, 6.07) is 0. The molecule has 0 aromatic heterocycles. The van der Waals surface area contributed by atoms with E-state index >= 15 is 0 Å². The van der Waals surface area contributed by atoms with Crippen molar-refractivity contribution in [2.24, 2.45) is 0 Å². The van der Waals surface area contributed by atoms with Gasteiger partial charge in [0.05, 0.1) is 6.61 Å². The number of rotatable bonds is 11. The molecule has 1 aliphatic heterocycles. The molecule has 1 saturated heterocycles. The summed E-state index contributed by atoms with van der Waals surface area (Å²) in [6.45, 7) is 3.67. The third kappa shape index (κ3) is 6.32. The zero-order chi connectivity index (χ0) is 16.4. The molecule has 0 unspecified atom stereocenters. The lowest BCUT2D eigenvalue weighted by molar-refractivity contribution is -0.301. The lowest BCUT2D eigenvalue weighted by Gasteiger charge is -2.39. The van der Waals surface area contributed by atoms with Gasteiger partial charge in [0.2, 0.25) is 0 Å². The van der Waals surface area contributed by atoms with Gasteiger partial charge < -0.3 is 29.9 Å². The van der Waals surface area contributed by atoms with E-state index in [0.29, 0.717) is 6.61 Å². The number of aliphatic hydroxyl groups is 4. The Morgan fingerprint density at radius 3 is 2.18 bits per heavy atom. The van der Waals surface area contributed by atoms with Gasteiger partial charge in [-0.3, -0.25) is 0 Å². The van der Waals surface area contributed by atoms with Crippen molar-refractivity contribution in [1.82, 2.24) is 0 Å². The first-order valence-electron chi connectivity index (χ1n) is 8.14. The fraction of sp³-hybridized carbons (Fsp3) is 0.875. The highest BCUT2D eigenvalue weighted by molar-refractivity contribution is 4.88. The summed E-state index contributed by atoms with van der Waals surface area (Å²) < 4.78 is 10.7. The smallest absolute Gasteiger partial charge is 0.186 e. The normalized spacial score (nSPS) is 32.1. The van der Waals surface area contributed by atoms with Crippen LogP contribution in [0.5, 0.6) is 0 Å². The predicted molar refractivity (Wildman–Crippen MR) is 82.2 cm³/mol. The van der Waals surface area contributed by atoms with Gasteiger partial charge >= 0.3 is 0 Å². The SMILES string of the molecule is C=CCCCCCCCCO[C@H]1O[C@H](CO)[C@H](O)[C@H](O)[C@H]1O. The van der Waals surface area contributed by atoms with Crippen LogP contribution in [-0.4, -0.2) is 64.3 Å². The molecule has 6 nitrogen and oxygen atoms in total. The first kappa shape index (κ1) is 19.5. The molecule has 1 fully saturated rings. The Balaban J connectivity index is 2.12. The number of aliphatic hydroxyl groups excluding tert-OH is 4. The summed E-state index contributed by atoms with van der Waals surface area (Å²) in [5, 5.41) is 38.2. The van der Waals surface area contributed by atoms with Crippen molar-refractivity contribution in [2.75, 3.05) is 13.2 Å². The Morgan fingerprint density at radius 1 is 0.909 bits per heavy atom. The van der Waals surface area contributed by atoms with Crippen LogP contribution in [0.3, 0.4) is 0 Å². The fourth-order valence-corrected chi connectivity index (χ4v) is 2.50. The lowest BCUT2D eigenvalue weighted by Crippen LogP contribution is -2.59. The monoisotopic (exact) mass is 318 g/mol. The van der Waals surface area contributed by atoms with E-state index in [4.69, 9.17) is 14.6 Å². The molecular weight excluding hydrogens is 288 g/mol. The second-order valence-corrected chi connectivity index (χ2v) is 5.77. The van der Waals surface area contributed by atoms with Crippen LogP contribution in [0, 0.1) is 0 Å². The van der Waals surface area contributed by atoms with Crippen LogP contribution in [0.4, 0.5) is 0 Å². The molecule has 0 aromatic rings. The third-order valence-corrected chi connectivity index (χ3v) is 3.93. The molecule has 5 atom stereocenters. The van der Waals surface area contributed by atoms with Crippen LogP contribution in [-0.2, 0) is 9.47 Å². The average molecular weight is 318 g/mol. The van der Waals surface area contributed by atoms with E-state index in [1.54, 1.807) is 0 Å². The zero-order valence-electron chi connectivity index (χ0n) is 13.1. The number of unbranched alkanes of at least 4 members (excludes halogenated alkanes) is 6. The Hall–Kier alpha value is -0.500. The molecule has 1 aliphatic rings. The lowest BCUT2D eigenvalue weighted by atomic mass is 9.99. The van der Waals surface area contributed by atoms with Gasteiger partial charge in [-0.2, -0.15) is 0 Å². The first-order valence-corrected chi connectivity index (χ1v) is 8.14. The van der Waals surface area contributed by atoms with Crippen molar-refractivity contribution < 1.29 is 29.9 Å².